The molecule has 0 bridgehead atoms. The van der Waals surface area contributed by atoms with E-state index in [9.17, 15) is 9.59 Å². The van der Waals surface area contributed by atoms with E-state index in [1.54, 1.807) is 18.9 Å². The van der Waals surface area contributed by atoms with E-state index >= 15 is 0 Å². The first-order valence-electron chi connectivity index (χ1n) is 10.6. The van der Waals surface area contributed by atoms with Crippen molar-refractivity contribution >= 4 is 11.8 Å². The first kappa shape index (κ1) is 24.3. The van der Waals surface area contributed by atoms with Crippen LogP contribution < -0.4 is 14.8 Å². The molecule has 0 aromatic heterocycles. The molecule has 0 unspecified atom stereocenters. The lowest BCUT2D eigenvalue weighted by Gasteiger charge is -2.29. The van der Waals surface area contributed by atoms with Gasteiger partial charge in [0.1, 0.15) is 17.5 Å². The Morgan fingerprint density at radius 3 is 2.42 bits per heavy atom. The number of nitrogens with one attached hydrogen (secondary N) is 1. The smallest absolute Gasteiger partial charge is 0.261 e. The number of aryl methyl sites for hydroxylation is 2. The maximum absolute atomic E-state index is 13.2. The maximum atomic E-state index is 13.2. The van der Waals surface area contributed by atoms with Crippen molar-refractivity contribution in [2.24, 2.45) is 0 Å². The van der Waals surface area contributed by atoms with E-state index in [1.807, 2.05) is 65.0 Å². The second-order valence-corrected chi connectivity index (χ2v) is 8.21. The molecule has 0 aliphatic rings. The number of rotatable bonds is 9. The van der Waals surface area contributed by atoms with E-state index < -0.39 is 6.04 Å². The molecular formula is C25H34N2O4. The topological polar surface area (TPSA) is 67.9 Å². The second kappa shape index (κ2) is 10.8. The Balaban J connectivity index is 2.23. The number of ether oxygens (including phenoxy) is 2. The number of hydrogen-bond donors (Lipinski definition) is 1. The molecule has 0 radical (unpaired) electrons. The lowest BCUT2D eigenvalue weighted by Crippen LogP contribution is -2.50. The van der Waals surface area contributed by atoms with Gasteiger partial charge in [-0.15, -0.1) is 0 Å². The summed E-state index contributed by atoms with van der Waals surface area (Å²) in [7, 11) is 1.60. The quantitative estimate of drug-likeness (QED) is 0.659. The van der Waals surface area contributed by atoms with Crippen molar-refractivity contribution in [1.82, 2.24) is 10.2 Å². The predicted octanol–water partition coefficient (Wildman–Crippen LogP) is 3.94. The molecule has 0 spiro atoms. The number of benzene rings is 2. The molecule has 0 fully saturated rings. The Labute approximate surface area is 185 Å². The normalized spacial score (nSPS) is 11.7. The molecular weight excluding hydrogens is 392 g/mol. The van der Waals surface area contributed by atoms with Gasteiger partial charge in [-0.2, -0.15) is 0 Å². The molecule has 6 heteroatoms. The van der Waals surface area contributed by atoms with Crippen LogP contribution in [-0.2, 0) is 16.1 Å². The van der Waals surface area contributed by atoms with Gasteiger partial charge < -0.3 is 19.7 Å². The number of carbonyl (C=O) groups is 2. The Bertz CT molecular complexity index is 924. The van der Waals surface area contributed by atoms with Crippen molar-refractivity contribution in [3.8, 4) is 11.5 Å². The molecule has 2 amide bonds. The zero-order valence-corrected chi connectivity index (χ0v) is 19.6. The van der Waals surface area contributed by atoms with E-state index in [1.165, 1.54) is 0 Å². The van der Waals surface area contributed by atoms with Crippen LogP contribution in [0.25, 0.3) is 0 Å². The summed E-state index contributed by atoms with van der Waals surface area (Å²) < 4.78 is 11.2. The van der Waals surface area contributed by atoms with Crippen molar-refractivity contribution in [1.29, 1.82) is 0 Å². The molecule has 1 N–H and O–H groups in total. The fourth-order valence-corrected chi connectivity index (χ4v) is 3.33. The van der Waals surface area contributed by atoms with Gasteiger partial charge in [-0.1, -0.05) is 18.2 Å². The molecule has 2 aromatic rings. The monoisotopic (exact) mass is 426 g/mol. The van der Waals surface area contributed by atoms with Gasteiger partial charge in [-0.3, -0.25) is 9.59 Å². The van der Waals surface area contributed by atoms with Crippen LogP contribution in [-0.4, -0.2) is 42.5 Å². The number of hydrogen-bond acceptors (Lipinski definition) is 4. The van der Waals surface area contributed by atoms with Gasteiger partial charge in [0.25, 0.3) is 5.91 Å². The Kier molecular flexibility index (Phi) is 8.48. The number of nitrogens with zero attached hydrogens (tertiary/aromatic N) is 1. The first-order chi connectivity index (χ1) is 14.6. The third-order valence-electron chi connectivity index (χ3n) is 5.20. The standard InChI is InChI=1S/C25H34N2O4/c1-16(2)26-25(29)20(6)27(14-21-9-8-10-22(13-21)30-7)24(28)15-31-23-12-17(3)11-18(4)19(23)5/h8-13,16,20H,14-15H2,1-7H3,(H,26,29)/t20-/m1/s1. The van der Waals surface area contributed by atoms with Crippen LogP contribution >= 0.6 is 0 Å². The van der Waals surface area contributed by atoms with Crippen molar-refractivity contribution in [2.75, 3.05) is 13.7 Å². The average molecular weight is 427 g/mol. The van der Waals surface area contributed by atoms with Gasteiger partial charge in [-0.25, -0.2) is 0 Å². The highest BCUT2D eigenvalue weighted by Gasteiger charge is 2.27. The molecule has 2 aromatic carbocycles. The molecule has 0 aliphatic carbocycles. The lowest BCUT2D eigenvalue weighted by molar-refractivity contribution is -0.142. The summed E-state index contributed by atoms with van der Waals surface area (Å²) in [6.45, 7) is 11.6. The van der Waals surface area contributed by atoms with Crippen LogP contribution in [0.2, 0.25) is 0 Å². The van der Waals surface area contributed by atoms with Gasteiger partial charge >= 0.3 is 0 Å². The number of carbonyl (C=O) groups excluding carboxylic acids is 2. The fraction of sp³-hybridized carbons (Fsp3) is 0.440. The molecule has 0 saturated heterocycles. The Hall–Kier alpha value is -3.02. The molecule has 31 heavy (non-hydrogen) atoms. The minimum Gasteiger partial charge on any atom is -0.497 e. The summed E-state index contributed by atoms with van der Waals surface area (Å²) in [5.74, 6) is 0.930. The molecule has 0 aliphatic heterocycles. The van der Waals surface area contributed by atoms with Gasteiger partial charge in [0.05, 0.1) is 7.11 Å². The summed E-state index contributed by atoms with van der Waals surface area (Å²) in [4.78, 5) is 27.4. The van der Waals surface area contributed by atoms with E-state index in [0.717, 1.165) is 22.3 Å². The van der Waals surface area contributed by atoms with E-state index in [-0.39, 0.29) is 31.0 Å². The molecule has 0 heterocycles. The predicted molar refractivity (Wildman–Crippen MR) is 122 cm³/mol. The second-order valence-electron chi connectivity index (χ2n) is 8.21. The third-order valence-corrected chi connectivity index (χ3v) is 5.20. The first-order valence-corrected chi connectivity index (χ1v) is 10.6. The molecule has 168 valence electrons. The van der Waals surface area contributed by atoms with Crippen molar-refractivity contribution in [2.45, 2.75) is 60.2 Å². The van der Waals surface area contributed by atoms with Crippen LogP contribution in [0.15, 0.2) is 36.4 Å². The minimum atomic E-state index is -0.648. The van der Waals surface area contributed by atoms with Gasteiger partial charge in [-0.05, 0) is 82.0 Å². The molecule has 0 saturated carbocycles. The summed E-state index contributed by atoms with van der Waals surface area (Å²) in [6, 6.07) is 10.8. The summed E-state index contributed by atoms with van der Waals surface area (Å²) in [5, 5.41) is 2.89. The molecule has 2 rings (SSSR count). The Morgan fingerprint density at radius 2 is 1.77 bits per heavy atom. The highest BCUT2D eigenvalue weighted by atomic mass is 16.5. The molecule has 6 nitrogen and oxygen atoms in total. The van der Waals surface area contributed by atoms with Crippen molar-refractivity contribution < 1.29 is 19.1 Å². The van der Waals surface area contributed by atoms with Crippen LogP contribution in [0, 0.1) is 20.8 Å². The summed E-state index contributed by atoms with van der Waals surface area (Å²) in [5.41, 5.74) is 4.06. The average Bonchev–Trinajstić information content (AvgIpc) is 2.72. The van der Waals surface area contributed by atoms with Crippen LogP contribution in [0.4, 0.5) is 0 Å². The lowest BCUT2D eigenvalue weighted by atomic mass is 10.1. The van der Waals surface area contributed by atoms with Crippen LogP contribution in [0.3, 0.4) is 0 Å². The van der Waals surface area contributed by atoms with E-state index in [4.69, 9.17) is 9.47 Å². The highest BCUT2D eigenvalue weighted by Crippen LogP contribution is 2.23. The maximum Gasteiger partial charge on any atom is 0.261 e. The SMILES string of the molecule is COc1cccc(CN(C(=O)COc2cc(C)cc(C)c2C)[C@H](C)C(=O)NC(C)C)c1. The zero-order chi connectivity index (χ0) is 23.1. The largest absolute Gasteiger partial charge is 0.497 e. The van der Waals surface area contributed by atoms with Gasteiger partial charge in [0.15, 0.2) is 6.61 Å². The molecule has 1 atom stereocenters. The van der Waals surface area contributed by atoms with E-state index in [0.29, 0.717) is 11.5 Å². The van der Waals surface area contributed by atoms with Crippen LogP contribution in [0.1, 0.15) is 43.0 Å². The summed E-state index contributed by atoms with van der Waals surface area (Å²) in [6.07, 6.45) is 0. The Morgan fingerprint density at radius 1 is 1.06 bits per heavy atom. The van der Waals surface area contributed by atoms with Gasteiger partial charge in [0, 0.05) is 12.6 Å². The zero-order valence-electron chi connectivity index (χ0n) is 19.6. The van der Waals surface area contributed by atoms with Crippen LogP contribution in [0.5, 0.6) is 11.5 Å². The highest BCUT2D eigenvalue weighted by molar-refractivity contribution is 5.88. The van der Waals surface area contributed by atoms with Crippen molar-refractivity contribution in [3.63, 3.8) is 0 Å². The number of amides is 2. The van der Waals surface area contributed by atoms with E-state index in [2.05, 4.69) is 11.4 Å². The minimum absolute atomic E-state index is 0.0158. The summed E-state index contributed by atoms with van der Waals surface area (Å²) >= 11 is 0. The fourth-order valence-electron chi connectivity index (χ4n) is 3.33. The number of methoxy groups -OCH3 is 1. The third kappa shape index (κ3) is 6.74. The van der Waals surface area contributed by atoms with Crippen molar-refractivity contribution in [3.05, 3.63) is 58.7 Å². The van der Waals surface area contributed by atoms with Gasteiger partial charge in [0.2, 0.25) is 5.91 Å².